The average molecular weight is 386 g/mol. The number of aromatic nitrogens is 2. The van der Waals surface area contributed by atoms with Gasteiger partial charge in [-0.2, -0.15) is 0 Å². The van der Waals surface area contributed by atoms with Crippen LogP contribution in [0, 0.1) is 0 Å². The molecule has 0 atom stereocenters. The number of rotatable bonds is 3. The fraction of sp³-hybridized carbons (Fsp3) is 0. The van der Waals surface area contributed by atoms with Crippen LogP contribution >= 0.6 is 23.2 Å². The number of benzene rings is 2. The van der Waals surface area contributed by atoms with Gasteiger partial charge in [-0.1, -0.05) is 23.2 Å². The van der Waals surface area contributed by atoms with Crippen molar-refractivity contribution in [3.8, 4) is 0 Å². The molecule has 10 heteroatoms. The quantitative estimate of drug-likeness (QED) is 0.600. The Balaban J connectivity index is 2.06. The van der Waals surface area contributed by atoms with Gasteiger partial charge >= 0.3 is 11.1 Å². The molecule has 3 N–H and O–H groups in total. The van der Waals surface area contributed by atoms with Crippen LogP contribution < -0.4 is 15.8 Å². The molecule has 0 aliphatic rings. The zero-order valence-corrected chi connectivity index (χ0v) is 14.1. The number of halogens is 2. The van der Waals surface area contributed by atoms with Crippen LogP contribution in [0.15, 0.2) is 50.9 Å². The summed E-state index contributed by atoms with van der Waals surface area (Å²) in [6.07, 6.45) is 0. The molecule has 3 rings (SSSR count). The molecule has 0 fully saturated rings. The summed E-state index contributed by atoms with van der Waals surface area (Å²) in [4.78, 5) is 27.2. The highest BCUT2D eigenvalue weighted by atomic mass is 35.5. The molecule has 0 spiro atoms. The third kappa shape index (κ3) is 3.16. The fourth-order valence-corrected chi connectivity index (χ4v) is 3.65. The highest BCUT2D eigenvalue weighted by Crippen LogP contribution is 2.27. The maximum atomic E-state index is 12.5. The largest absolute Gasteiger partial charge is 0.316 e. The second kappa shape index (κ2) is 5.97. The fourth-order valence-electron chi connectivity index (χ4n) is 2.04. The van der Waals surface area contributed by atoms with Crippen LogP contribution in [-0.4, -0.2) is 18.4 Å². The van der Waals surface area contributed by atoms with Crippen LogP contribution in [0.3, 0.4) is 0 Å². The first kappa shape index (κ1) is 16.6. The highest BCUT2D eigenvalue weighted by Gasteiger charge is 2.17. The first-order valence-corrected chi connectivity index (χ1v) is 8.74. The molecule has 7 nitrogen and oxygen atoms in total. The van der Waals surface area contributed by atoms with E-state index in [1.807, 2.05) is 0 Å². The molecule has 0 radical (unpaired) electrons. The Bertz CT molecular complexity index is 1170. The number of fused-ring (bicyclic) bond motifs is 1. The Morgan fingerprint density at radius 2 is 1.54 bits per heavy atom. The minimum absolute atomic E-state index is 0.108. The molecule has 2 aromatic carbocycles. The summed E-state index contributed by atoms with van der Waals surface area (Å²) in [7, 11) is -3.95. The van der Waals surface area contributed by atoms with Gasteiger partial charge in [0.05, 0.1) is 26.6 Å². The number of aromatic amines is 2. The topological polar surface area (TPSA) is 112 Å². The smallest absolute Gasteiger partial charge is 0.314 e. The summed E-state index contributed by atoms with van der Waals surface area (Å²) >= 11 is 11.7. The van der Waals surface area contributed by atoms with Gasteiger partial charge in [0.1, 0.15) is 0 Å². The van der Waals surface area contributed by atoms with Gasteiger partial charge in [-0.25, -0.2) is 8.42 Å². The van der Waals surface area contributed by atoms with Crippen molar-refractivity contribution in [2.75, 3.05) is 4.72 Å². The van der Waals surface area contributed by atoms with E-state index >= 15 is 0 Å². The minimum Gasteiger partial charge on any atom is -0.316 e. The van der Waals surface area contributed by atoms with E-state index in [0.29, 0.717) is 10.5 Å². The lowest BCUT2D eigenvalue weighted by atomic mass is 10.3. The number of H-pyrrole nitrogens is 2. The van der Waals surface area contributed by atoms with Gasteiger partial charge in [-0.3, -0.25) is 14.3 Å². The van der Waals surface area contributed by atoms with E-state index in [-0.39, 0.29) is 21.1 Å². The lowest BCUT2D eigenvalue weighted by Crippen LogP contribution is -2.29. The van der Waals surface area contributed by atoms with Crippen molar-refractivity contribution in [3.05, 3.63) is 67.2 Å². The molecular formula is C14H9Cl2N3O4S. The number of hydrogen-bond donors (Lipinski definition) is 3. The van der Waals surface area contributed by atoms with Crippen molar-refractivity contribution in [2.24, 2.45) is 0 Å². The Morgan fingerprint density at radius 1 is 0.875 bits per heavy atom. The molecule has 0 saturated heterocycles. The molecular weight excluding hydrogens is 377 g/mol. The van der Waals surface area contributed by atoms with Crippen LogP contribution in [0.4, 0.5) is 5.69 Å². The molecule has 1 heterocycles. The molecule has 0 saturated carbocycles. The summed E-state index contributed by atoms with van der Waals surface area (Å²) < 4.78 is 27.3. The molecule has 0 aliphatic carbocycles. The van der Waals surface area contributed by atoms with E-state index in [4.69, 9.17) is 23.2 Å². The van der Waals surface area contributed by atoms with Crippen LogP contribution in [-0.2, 0) is 10.0 Å². The molecule has 124 valence electrons. The number of nitrogens with one attached hydrogen (secondary N) is 3. The summed E-state index contributed by atoms with van der Waals surface area (Å²) in [5, 5.41) is 0.514. The Kier molecular flexibility index (Phi) is 4.12. The SMILES string of the molecule is O=c1[nH]c2ccc(S(=O)(=O)Nc3ccc(Cl)cc3Cl)cc2[nH]c1=O. The Hall–Kier alpha value is -2.29. The van der Waals surface area contributed by atoms with Crippen molar-refractivity contribution in [2.45, 2.75) is 4.90 Å². The predicted octanol–water partition coefficient (Wildman–Crippen LogP) is 2.32. The molecule has 0 unspecified atom stereocenters. The standard InChI is InChI=1S/C14H9Cl2N3O4S/c15-7-1-3-10(9(16)5-7)19-24(22,23)8-2-4-11-12(6-8)18-14(21)13(20)17-11/h1-6,19H,(H,17,20)(H,18,21). The van der Waals surface area contributed by atoms with Gasteiger partial charge in [0.2, 0.25) is 0 Å². The summed E-state index contributed by atoms with van der Waals surface area (Å²) in [6, 6.07) is 8.24. The lowest BCUT2D eigenvalue weighted by molar-refractivity contribution is 0.601. The molecule has 0 bridgehead atoms. The normalized spacial score (nSPS) is 11.6. The van der Waals surface area contributed by atoms with Gasteiger partial charge in [-0.05, 0) is 36.4 Å². The molecule has 0 amide bonds. The highest BCUT2D eigenvalue weighted by molar-refractivity contribution is 7.92. The van der Waals surface area contributed by atoms with Crippen molar-refractivity contribution in [1.29, 1.82) is 0 Å². The third-order valence-electron chi connectivity index (χ3n) is 3.18. The van der Waals surface area contributed by atoms with Crippen LogP contribution in [0.1, 0.15) is 0 Å². The van der Waals surface area contributed by atoms with Crippen molar-refractivity contribution in [1.82, 2.24) is 9.97 Å². The molecule has 1 aromatic heterocycles. The number of anilines is 1. The second-order valence-corrected chi connectivity index (χ2v) is 7.37. The monoisotopic (exact) mass is 385 g/mol. The summed E-state index contributed by atoms with van der Waals surface area (Å²) in [5.41, 5.74) is -1.03. The van der Waals surface area contributed by atoms with Crippen LogP contribution in [0.5, 0.6) is 0 Å². The van der Waals surface area contributed by atoms with Gasteiger partial charge in [0, 0.05) is 5.02 Å². The third-order valence-corrected chi connectivity index (χ3v) is 5.09. The van der Waals surface area contributed by atoms with E-state index in [9.17, 15) is 18.0 Å². The van der Waals surface area contributed by atoms with E-state index < -0.39 is 21.1 Å². The van der Waals surface area contributed by atoms with Crippen molar-refractivity contribution < 1.29 is 8.42 Å². The predicted molar refractivity (Wildman–Crippen MR) is 92.5 cm³/mol. The van der Waals surface area contributed by atoms with E-state index in [1.54, 1.807) is 0 Å². The van der Waals surface area contributed by atoms with Gasteiger partial charge in [0.15, 0.2) is 0 Å². The van der Waals surface area contributed by atoms with Gasteiger partial charge in [-0.15, -0.1) is 0 Å². The molecule has 24 heavy (non-hydrogen) atoms. The average Bonchev–Trinajstić information content (AvgIpc) is 2.51. The minimum atomic E-state index is -3.95. The second-order valence-electron chi connectivity index (χ2n) is 4.85. The van der Waals surface area contributed by atoms with Crippen molar-refractivity contribution >= 4 is 49.9 Å². The first-order valence-electron chi connectivity index (χ1n) is 6.50. The van der Waals surface area contributed by atoms with E-state index in [0.717, 1.165) is 0 Å². The summed E-state index contributed by atoms with van der Waals surface area (Å²) in [6.45, 7) is 0. The zero-order valence-electron chi connectivity index (χ0n) is 11.8. The molecule has 3 aromatic rings. The first-order chi connectivity index (χ1) is 11.3. The Labute approximate surface area is 145 Å². The zero-order chi connectivity index (χ0) is 17.5. The maximum absolute atomic E-state index is 12.5. The summed E-state index contributed by atoms with van der Waals surface area (Å²) in [5.74, 6) is 0. The number of sulfonamides is 1. The van der Waals surface area contributed by atoms with E-state index in [1.165, 1.54) is 36.4 Å². The molecule has 0 aliphatic heterocycles. The van der Waals surface area contributed by atoms with Crippen LogP contribution in [0.25, 0.3) is 11.0 Å². The maximum Gasteiger partial charge on any atom is 0.314 e. The number of hydrogen-bond acceptors (Lipinski definition) is 4. The van der Waals surface area contributed by atoms with Crippen molar-refractivity contribution in [3.63, 3.8) is 0 Å². The van der Waals surface area contributed by atoms with E-state index in [2.05, 4.69) is 14.7 Å². The van der Waals surface area contributed by atoms with Crippen LogP contribution in [0.2, 0.25) is 10.0 Å². The Morgan fingerprint density at radius 3 is 2.21 bits per heavy atom. The lowest BCUT2D eigenvalue weighted by Gasteiger charge is -2.10. The van der Waals surface area contributed by atoms with Gasteiger partial charge < -0.3 is 9.97 Å². The van der Waals surface area contributed by atoms with Gasteiger partial charge in [0.25, 0.3) is 10.0 Å².